The minimum atomic E-state index is -3.65. The van der Waals surface area contributed by atoms with Gasteiger partial charge in [-0.1, -0.05) is 24.3 Å². The zero-order valence-corrected chi connectivity index (χ0v) is 16.2. The monoisotopic (exact) mass is 409 g/mol. The van der Waals surface area contributed by atoms with Gasteiger partial charge in [0.05, 0.1) is 22.2 Å². The Morgan fingerprint density at radius 3 is 2.62 bits per heavy atom. The maximum atomic E-state index is 13.4. The molecule has 8 heteroatoms. The summed E-state index contributed by atoms with van der Waals surface area (Å²) in [5, 5.41) is 11.6. The van der Waals surface area contributed by atoms with E-state index in [4.69, 9.17) is 5.26 Å². The number of hydrogen-bond donors (Lipinski definition) is 1. The Balaban J connectivity index is 1.82. The van der Waals surface area contributed by atoms with Crippen LogP contribution in [0.15, 0.2) is 65.6 Å². The van der Waals surface area contributed by atoms with Crippen LogP contribution in [-0.2, 0) is 16.4 Å². The van der Waals surface area contributed by atoms with Crippen molar-refractivity contribution in [3.05, 3.63) is 83.3 Å². The summed E-state index contributed by atoms with van der Waals surface area (Å²) in [6, 6.07) is 17.2. The molecule has 0 saturated heterocycles. The van der Waals surface area contributed by atoms with Gasteiger partial charge in [0.25, 0.3) is 5.91 Å². The van der Waals surface area contributed by atoms with Crippen LogP contribution in [0.2, 0.25) is 0 Å². The van der Waals surface area contributed by atoms with Crippen molar-refractivity contribution in [3.8, 4) is 17.3 Å². The normalized spacial score (nSPS) is 10.9. The zero-order valence-electron chi connectivity index (χ0n) is 15.4. The third-order valence-electron chi connectivity index (χ3n) is 4.14. The number of nitrogens with one attached hydrogen (secondary N) is 1. The molecule has 0 bridgehead atoms. The molecule has 0 unspecified atom stereocenters. The zero-order chi connectivity index (χ0) is 21.0. The second kappa shape index (κ2) is 8.20. The predicted molar refractivity (Wildman–Crippen MR) is 105 cm³/mol. The van der Waals surface area contributed by atoms with Gasteiger partial charge in [-0.15, -0.1) is 0 Å². The van der Waals surface area contributed by atoms with Crippen molar-refractivity contribution in [1.29, 1.82) is 5.26 Å². The van der Waals surface area contributed by atoms with Crippen LogP contribution in [0.1, 0.15) is 21.6 Å². The fourth-order valence-electron chi connectivity index (χ4n) is 2.76. The Morgan fingerprint density at radius 1 is 1.14 bits per heavy atom. The largest absolute Gasteiger partial charge is 0.347 e. The molecule has 6 nitrogen and oxygen atoms in total. The van der Waals surface area contributed by atoms with Gasteiger partial charge in [-0.05, 0) is 42.0 Å². The first kappa shape index (κ1) is 20.2. The Morgan fingerprint density at radius 2 is 1.90 bits per heavy atom. The van der Waals surface area contributed by atoms with Gasteiger partial charge >= 0.3 is 0 Å². The third kappa shape index (κ3) is 4.83. The molecule has 0 saturated carbocycles. The van der Waals surface area contributed by atoms with Crippen molar-refractivity contribution in [2.45, 2.75) is 11.4 Å². The number of amides is 1. The molecule has 0 radical (unpaired) electrons. The van der Waals surface area contributed by atoms with Gasteiger partial charge < -0.3 is 5.32 Å². The standard InChI is InChI=1S/C21H16FN3O3S/c1-29(27,28)20-11-17(22)9-8-16(20)13-24-21(26)19-7-3-6-18(25-19)15-5-2-4-14(10-15)12-23/h2-11H,13H2,1H3,(H,24,26). The number of sulfone groups is 1. The van der Waals surface area contributed by atoms with Crippen LogP contribution in [0.3, 0.4) is 0 Å². The Kier molecular flexibility index (Phi) is 5.71. The number of rotatable bonds is 5. The molecule has 0 atom stereocenters. The van der Waals surface area contributed by atoms with Gasteiger partial charge in [-0.3, -0.25) is 4.79 Å². The lowest BCUT2D eigenvalue weighted by Crippen LogP contribution is -2.24. The maximum Gasteiger partial charge on any atom is 0.270 e. The van der Waals surface area contributed by atoms with Crippen LogP contribution in [0.25, 0.3) is 11.3 Å². The summed E-state index contributed by atoms with van der Waals surface area (Å²) in [5.74, 6) is -1.18. The van der Waals surface area contributed by atoms with Crippen molar-refractivity contribution >= 4 is 15.7 Å². The lowest BCUT2D eigenvalue weighted by atomic mass is 10.1. The molecule has 1 aromatic heterocycles. The molecule has 0 aliphatic heterocycles. The number of nitrogens with zero attached hydrogens (tertiary/aromatic N) is 2. The van der Waals surface area contributed by atoms with Gasteiger partial charge in [0.2, 0.25) is 0 Å². The summed E-state index contributed by atoms with van der Waals surface area (Å²) < 4.78 is 37.1. The van der Waals surface area contributed by atoms with Crippen LogP contribution in [0.5, 0.6) is 0 Å². The van der Waals surface area contributed by atoms with E-state index < -0.39 is 21.6 Å². The highest BCUT2D eigenvalue weighted by molar-refractivity contribution is 7.90. The number of halogens is 1. The van der Waals surface area contributed by atoms with Crippen LogP contribution in [0.4, 0.5) is 4.39 Å². The fraction of sp³-hybridized carbons (Fsp3) is 0.0952. The first-order valence-corrected chi connectivity index (χ1v) is 10.4. The molecule has 3 aromatic rings. The highest BCUT2D eigenvalue weighted by Gasteiger charge is 2.16. The Hall–Kier alpha value is -3.57. The molecule has 0 fully saturated rings. The molecule has 1 amide bonds. The van der Waals surface area contributed by atoms with Gasteiger partial charge in [0, 0.05) is 18.4 Å². The highest BCUT2D eigenvalue weighted by atomic mass is 32.2. The second-order valence-corrected chi connectivity index (χ2v) is 8.29. The molecule has 0 aliphatic rings. The van der Waals surface area contributed by atoms with Gasteiger partial charge in [0.1, 0.15) is 11.5 Å². The molecule has 1 N–H and O–H groups in total. The number of carbonyl (C=O) groups is 1. The van der Waals surface area contributed by atoms with E-state index >= 15 is 0 Å². The van der Waals surface area contributed by atoms with E-state index in [1.54, 1.807) is 36.4 Å². The quantitative estimate of drug-likeness (QED) is 0.698. The Labute approximate surface area is 167 Å². The Bertz CT molecular complexity index is 1230. The number of carbonyl (C=O) groups excluding carboxylic acids is 1. The van der Waals surface area contributed by atoms with Crippen LogP contribution in [-0.4, -0.2) is 25.6 Å². The lowest BCUT2D eigenvalue weighted by Gasteiger charge is -2.10. The summed E-state index contributed by atoms with van der Waals surface area (Å²) in [7, 11) is -3.65. The van der Waals surface area contributed by atoms with Crippen molar-refractivity contribution in [3.63, 3.8) is 0 Å². The minimum absolute atomic E-state index is 0.0999. The van der Waals surface area contributed by atoms with Crippen LogP contribution < -0.4 is 5.32 Å². The van der Waals surface area contributed by atoms with Crippen LogP contribution in [0, 0.1) is 17.1 Å². The number of nitriles is 1. The smallest absolute Gasteiger partial charge is 0.270 e. The van der Waals surface area contributed by atoms with E-state index in [2.05, 4.69) is 16.4 Å². The number of benzene rings is 2. The third-order valence-corrected chi connectivity index (χ3v) is 5.32. The molecule has 0 spiro atoms. The molecule has 0 aliphatic carbocycles. The van der Waals surface area contributed by atoms with E-state index in [0.29, 0.717) is 16.8 Å². The molecular formula is C21H16FN3O3S. The van der Waals surface area contributed by atoms with Crippen molar-refractivity contribution in [1.82, 2.24) is 10.3 Å². The molecule has 29 heavy (non-hydrogen) atoms. The number of aromatic nitrogens is 1. The van der Waals surface area contributed by atoms with E-state index in [0.717, 1.165) is 18.4 Å². The van der Waals surface area contributed by atoms with Crippen molar-refractivity contribution in [2.75, 3.05) is 6.26 Å². The first-order valence-electron chi connectivity index (χ1n) is 8.52. The predicted octanol–water partition coefficient (Wildman–Crippen LogP) is 3.09. The van der Waals surface area contributed by atoms with Gasteiger partial charge in [-0.2, -0.15) is 5.26 Å². The first-order chi connectivity index (χ1) is 13.8. The SMILES string of the molecule is CS(=O)(=O)c1cc(F)ccc1CNC(=O)c1cccc(-c2cccc(C#N)c2)n1. The number of pyridine rings is 1. The summed E-state index contributed by atoms with van der Waals surface area (Å²) >= 11 is 0. The van der Waals surface area contributed by atoms with E-state index in [-0.39, 0.29) is 22.7 Å². The number of hydrogen-bond acceptors (Lipinski definition) is 5. The van der Waals surface area contributed by atoms with Crippen molar-refractivity contribution < 1.29 is 17.6 Å². The molecule has 1 heterocycles. The summed E-state index contributed by atoms with van der Waals surface area (Å²) in [6.07, 6.45) is 0.980. The van der Waals surface area contributed by atoms with E-state index in [1.165, 1.54) is 12.1 Å². The van der Waals surface area contributed by atoms with Gasteiger partial charge in [-0.25, -0.2) is 17.8 Å². The van der Waals surface area contributed by atoms with Gasteiger partial charge in [0.15, 0.2) is 9.84 Å². The summed E-state index contributed by atoms with van der Waals surface area (Å²) in [5.41, 5.74) is 2.10. The van der Waals surface area contributed by atoms with Crippen molar-refractivity contribution in [2.24, 2.45) is 0 Å². The second-order valence-electron chi connectivity index (χ2n) is 6.31. The average molecular weight is 409 g/mol. The lowest BCUT2D eigenvalue weighted by molar-refractivity contribution is 0.0945. The van der Waals surface area contributed by atoms with E-state index in [1.807, 2.05) is 0 Å². The summed E-state index contributed by atoms with van der Waals surface area (Å²) in [4.78, 5) is 16.6. The van der Waals surface area contributed by atoms with Crippen LogP contribution >= 0.6 is 0 Å². The molecule has 146 valence electrons. The highest BCUT2D eigenvalue weighted by Crippen LogP contribution is 2.19. The van der Waals surface area contributed by atoms with E-state index in [9.17, 15) is 17.6 Å². The molecular weight excluding hydrogens is 393 g/mol. The summed E-state index contributed by atoms with van der Waals surface area (Å²) in [6.45, 7) is -0.0999. The average Bonchev–Trinajstić information content (AvgIpc) is 2.72. The molecule has 2 aromatic carbocycles. The molecule has 3 rings (SSSR count). The maximum absolute atomic E-state index is 13.4. The topological polar surface area (TPSA) is 99.9 Å². The fourth-order valence-corrected chi connectivity index (χ4v) is 3.70. The minimum Gasteiger partial charge on any atom is -0.347 e.